The average Bonchev–Trinajstić information content (AvgIpc) is 2.97. The third kappa shape index (κ3) is 2.33. The first kappa shape index (κ1) is 14.8. The molecule has 0 unspecified atom stereocenters. The van der Waals surface area contributed by atoms with Gasteiger partial charge in [-0.2, -0.15) is 0 Å². The highest BCUT2D eigenvalue weighted by Crippen LogP contribution is 2.28. The molecule has 24 heavy (non-hydrogen) atoms. The van der Waals surface area contributed by atoms with Crippen LogP contribution >= 0.6 is 11.3 Å². The zero-order chi connectivity index (χ0) is 16.7. The van der Waals surface area contributed by atoms with Gasteiger partial charge in [-0.15, -0.1) is 11.3 Å². The lowest BCUT2D eigenvalue weighted by Gasteiger charge is -2.07. The van der Waals surface area contributed by atoms with Crippen molar-refractivity contribution in [3.05, 3.63) is 64.6 Å². The number of rotatable bonds is 3. The van der Waals surface area contributed by atoms with Crippen molar-refractivity contribution in [2.45, 2.75) is 6.54 Å². The Labute approximate surface area is 140 Å². The molecule has 0 bridgehead atoms. The number of thiophene rings is 1. The highest BCUT2D eigenvalue weighted by Gasteiger charge is 2.12. The molecule has 0 N–H and O–H groups in total. The van der Waals surface area contributed by atoms with Crippen LogP contribution in [0.2, 0.25) is 0 Å². The maximum atomic E-state index is 13.8. The summed E-state index contributed by atoms with van der Waals surface area (Å²) in [6, 6.07) is 8.36. The number of methoxy groups -OCH3 is 1. The van der Waals surface area contributed by atoms with Gasteiger partial charge in [-0.1, -0.05) is 6.07 Å². The first-order valence-corrected chi connectivity index (χ1v) is 8.04. The Bertz CT molecular complexity index is 1120. The van der Waals surface area contributed by atoms with E-state index in [0.29, 0.717) is 15.8 Å². The van der Waals surface area contributed by atoms with Gasteiger partial charge in [0.2, 0.25) is 0 Å². The van der Waals surface area contributed by atoms with Crippen molar-refractivity contribution in [3.8, 4) is 5.75 Å². The van der Waals surface area contributed by atoms with Gasteiger partial charge >= 0.3 is 0 Å². The molecule has 0 fully saturated rings. The van der Waals surface area contributed by atoms with E-state index >= 15 is 0 Å². The van der Waals surface area contributed by atoms with Gasteiger partial charge in [0.05, 0.1) is 25.5 Å². The Morgan fingerprint density at radius 1 is 1.29 bits per heavy atom. The monoisotopic (exact) mass is 341 g/mol. The van der Waals surface area contributed by atoms with Crippen LogP contribution in [-0.2, 0) is 6.54 Å². The van der Waals surface area contributed by atoms with Crippen LogP contribution in [0, 0.1) is 5.82 Å². The third-order valence-corrected chi connectivity index (χ3v) is 4.88. The van der Waals surface area contributed by atoms with Crippen molar-refractivity contribution in [2.24, 2.45) is 0 Å². The van der Waals surface area contributed by atoms with Crippen LogP contribution in [0.15, 0.2) is 47.7 Å². The first-order chi connectivity index (χ1) is 11.7. The highest BCUT2D eigenvalue weighted by atomic mass is 32.1. The second-order valence-electron chi connectivity index (χ2n) is 5.28. The first-order valence-electron chi connectivity index (χ1n) is 7.22. The fourth-order valence-electron chi connectivity index (χ4n) is 2.62. The van der Waals surface area contributed by atoms with Crippen molar-refractivity contribution < 1.29 is 9.13 Å². The number of pyridine rings is 1. The van der Waals surface area contributed by atoms with Crippen molar-refractivity contribution in [3.63, 3.8) is 0 Å². The minimum absolute atomic E-state index is 0.153. The summed E-state index contributed by atoms with van der Waals surface area (Å²) < 4.78 is 20.7. The van der Waals surface area contributed by atoms with Crippen LogP contribution in [0.3, 0.4) is 0 Å². The Morgan fingerprint density at radius 2 is 2.17 bits per heavy atom. The largest absolute Gasteiger partial charge is 0.494 e. The van der Waals surface area contributed by atoms with Crippen molar-refractivity contribution >= 4 is 31.8 Å². The van der Waals surface area contributed by atoms with Gasteiger partial charge in [0, 0.05) is 11.6 Å². The molecule has 0 amide bonds. The van der Waals surface area contributed by atoms with E-state index in [0.717, 1.165) is 10.2 Å². The highest BCUT2D eigenvalue weighted by molar-refractivity contribution is 7.25. The molecule has 4 aromatic rings. The number of nitrogens with zero attached hydrogens (tertiary/aromatic N) is 3. The number of fused-ring (bicyclic) bond motifs is 3. The van der Waals surface area contributed by atoms with Gasteiger partial charge < -0.3 is 4.74 Å². The topological polar surface area (TPSA) is 57.0 Å². The van der Waals surface area contributed by atoms with E-state index in [4.69, 9.17) is 4.74 Å². The molecule has 0 saturated heterocycles. The standard InChI is InChI=1S/C17H12FN3O2S/c1-23-13-5-4-10(7-12(13)18)8-21-9-20-14-11-3-2-6-19-16(11)24-15(14)17(21)22/h2-7,9H,8H2,1H3. The SMILES string of the molecule is COc1ccc(Cn2cnc3c(sc4ncccc43)c2=O)cc1F. The molecule has 0 saturated carbocycles. The molecule has 0 aliphatic carbocycles. The predicted molar refractivity (Wildman–Crippen MR) is 91.2 cm³/mol. The Kier molecular flexibility index (Phi) is 3.50. The zero-order valence-corrected chi connectivity index (χ0v) is 13.5. The van der Waals surface area contributed by atoms with Gasteiger partial charge in [0.1, 0.15) is 9.53 Å². The molecule has 3 aromatic heterocycles. The average molecular weight is 341 g/mol. The van der Waals surface area contributed by atoms with E-state index in [1.807, 2.05) is 12.1 Å². The minimum Gasteiger partial charge on any atom is -0.494 e. The number of hydrogen-bond acceptors (Lipinski definition) is 5. The van der Waals surface area contributed by atoms with E-state index in [1.54, 1.807) is 18.3 Å². The normalized spacial score (nSPS) is 11.2. The molecule has 0 radical (unpaired) electrons. The van der Waals surface area contributed by atoms with Crippen LogP contribution in [0.1, 0.15) is 5.56 Å². The van der Waals surface area contributed by atoms with Gasteiger partial charge in [-0.25, -0.2) is 14.4 Å². The molecule has 4 rings (SSSR count). The Morgan fingerprint density at radius 3 is 2.96 bits per heavy atom. The molecule has 5 nitrogen and oxygen atoms in total. The maximum Gasteiger partial charge on any atom is 0.271 e. The van der Waals surface area contributed by atoms with Gasteiger partial charge in [-0.05, 0) is 29.8 Å². The molecule has 1 aromatic carbocycles. The molecular formula is C17H12FN3O2S. The molecule has 3 heterocycles. The number of aromatic nitrogens is 3. The quantitative estimate of drug-likeness (QED) is 0.574. The molecule has 0 atom stereocenters. The molecule has 120 valence electrons. The Balaban J connectivity index is 1.80. The number of halogens is 1. The lowest BCUT2D eigenvalue weighted by atomic mass is 10.2. The summed E-state index contributed by atoms with van der Waals surface area (Å²) in [6.45, 7) is 0.240. The second kappa shape index (κ2) is 5.68. The van der Waals surface area contributed by atoms with E-state index in [-0.39, 0.29) is 17.9 Å². The van der Waals surface area contributed by atoms with Crippen molar-refractivity contribution in [2.75, 3.05) is 7.11 Å². The van der Waals surface area contributed by atoms with Crippen LogP contribution in [0.5, 0.6) is 5.75 Å². The van der Waals surface area contributed by atoms with E-state index in [1.165, 1.54) is 35.4 Å². The lowest BCUT2D eigenvalue weighted by Crippen LogP contribution is -2.20. The van der Waals surface area contributed by atoms with E-state index in [9.17, 15) is 9.18 Å². The Hall–Kier alpha value is -2.80. The number of benzene rings is 1. The molecule has 7 heteroatoms. The smallest absolute Gasteiger partial charge is 0.271 e. The number of ether oxygens (including phenoxy) is 1. The summed E-state index contributed by atoms with van der Waals surface area (Å²) in [7, 11) is 1.41. The summed E-state index contributed by atoms with van der Waals surface area (Å²) in [5.41, 5.74) is 1.17. The van der Waals surface area contributed by atoms with Crippen LogP contribution in [0.4, 0.5) is 4.39 Å². The summed E-state index contributed by atoms with van der Waals surface area (Å²) in [4.78, 5) is 22.1. The summed E-state index contributed by atoms with van der Waals surface area (Å²) in [6.07, 6.45) is 3.18. The molecule has 0 aliphatic rings. The van der Waals surface area contributed by atoms with Gasteiger partial charge in [-0.3, -0.25) is 9.36 Å². The lowest BCUT2D eigenvalue weighted by molar-refractivity contribution is 0.386. The van der Waals surface area contributed by atoms with Crippen molar-refractivity contribution in [1.29, 1.82) is 0 Å². The summed E-state index contributed by atoms with van der Waals surface area (Å²) in [5, 5.41) is 0.872. The second-order valence-corrected chi connectivity index (χ2v) is 6.28. The fourth-order valence-corrected chi connectivity index (χ4v) is 3.67. The molecule has 0 spiro atoms. The minimum atomic E-state index is -0.455. The van der Waals surface area contributed by atoms with Gasteiger partial charge in [0.15, 0.2) is 11.6 Å². The van der Waals surface area contributed by atoms with Crippen LogP contribution in [0.25, 0.3) is 20.4 Å². The zero-order valence-electron chi connectivity index (χ0n) is 12.7. The number of hydrogen-bond donors (Lipinski definition) is 0. The van der Waals surface area contributed by atoms with Crippen LogP contribution < -0.4 is 10.3 Å². The van der Waals surface area contributed by atoms with E-state index in [2.05, 4.69) is 9.97 Å². The summed E-state index contributed by atoms with van der Waals surface area (Å²) in [5.74, 6) is -0.279. The fraction of sp³-hybridized carbons (Fsp3) is 0.118. The van der Waals surface area contributed by atoms with Gasteiger partial charge in [0.25, 0.3) is 5.56 Å². The third-order valence-electron chi connectivity index (χ3n) is 3.79. The molecule has 0 aliphatic heterocycles. The molecular weight excluding hydrogens is 329 g/mol. The predicted octanol–water partition coefficient (Wildman–Crippen LogP) is 3.20. The summed E-state index contributed by atoms with van der Waals surface area (Å²) >= 11 is 1.32. The van der Waals surface area contributed by atoms with Crippen LogP contribution in [-0.4, -0.2) is 21.6 Å². The van der Waals surface area contributed by atoms with E-state index < -0.39 is 5.82 Å². The van der Waals surface area contributed by atoms with Crippen molar-refractivity contribution in [1.82, 2.24) is 14.5 Å². The maximum absolute atomic E-state index is 13.8.